The third-order valence-electron chi connectivity index (χ3n) is 4.99. The lowest BCUT2D eigenvalue weighted by Gasteiger charge is -2.32. The number of nitrogens with one attached hydrogen (secondary N) is 1. The molecule has 6 nitrogen and oxygen atoms in total. The van der Waals surface area contributed by atoms with Gasteiger partial charge in [-0.15, -0.1) is 5.48 Å². The molecule has 0 spiro atoms. The van der Waals surface area contributed by atoms with E-state index >= 15 is 0 Å². The number of carbonyl (C=O) groups excluding carboxylic acids is 2. The first-order valence-corrected chi connectivity index (χ1v) is 9.79. The SMILES string of the molecule is CC(C)(C)OC(=O)NOC(=O)[C@H]1CCc2cccc(O)c2C1Cc1ccccc1. The van der Waals surface area contributed by atoms with Crippen LogP contribution in [0, 0.1) is 5.92 Å². The Balaban J connectivity index is 1.80. The summed E-state index contributed by atoms with van der Waals surface area (Å²) in [5.41, 5.74) is 4.27. The number of hydrogen-bond acceptors (Lipinski definition) is 5. The standard InChI is InChI=1S/C23H27NO5/c1-23(2,3)28-22(27)24-29-21(26)17-13-12-16-10-7-11-19(25)20(16)18(17)14-15-8-5-4-6-9-15/h4-11,17-18,25H,12-14H2,1-3H3,(H,24,27)/t17-,18?/m0/s1. The second-order valence-corrected chi connectivity index (χ2v) is 8.32. The van der Waals surface area contributed by atoms with Gasteiger partial charge in [-0.3, -0.25) is 0 Å². The molecule has 2 N–H and O–H groups in total. The highest BCUT2D eigenvalue weighted by atomic mass is 16.7. The number of hydroxylamine groups is 1. The number of phenolic OH excluding ortho intramolecular Hbond substituents is 1. The highest BCUT2D eigenvalue weighted by molar-refractivity contribution is 5.77. The lowest BCUT2D eigenvalue weighted by Crippen LogP contribution is -2.38. The molecule has 29 heavy (non-hydrogen) atoms. The number of ether oxygens (including phenoxy) is 1. The maximum absolute atomic E-state index is 12.8. The Kier molecular flexibility index (Phi) is 6.11. The zero-order chi connectivity index (χ0) is 21.0. The number of aryl methyl sites for hydroxylation is 1. The van der Waals surface area contributed by atoms with Crippen molar-refractivity contribution in [1.29, 1.82) is 0 Å². The minimum Gasteiger partial charge on any atom is -0.508 e. The third kappa shape index (κ3) is 5.28. The van der Waals surface area contributed by atoms with Gasteiger partial charge in [0.15, 0.2) is 0 Å². The third-order valence-corrected chi connectivity index (χ3v) is 4.99. The van der Waals surface area contributed by atoms with E-state index in [2.05, 4.69) is 5.48 Å². The largest absolute Gasteiger partial charge is 0.508 e. The summed E-state index contributed by atoms with van der Waals surface area (Å²) < 4.78 is 5.11. The molecule has 0 radical (unpaired) electrons. The van der Waals surface area contributed by atoms with E-state index in [0.29, 0.717) is 19.3 Å². The molecule has 2 atom stereocenters. The Labute approximate surface area is 170 Å². The Morgan fingerprint density at radius 1 is 1.10 bits per heavy atom. The molecular formula is C23H27NO5. The highest BCUT2D eigenvalue weighted by Gasteiger charge is 2.37. The van der Waals surface area contributed by atoms with E-state index in [9.17, 15) is 14.7 Å². The molecule has 0 aliphatic heterocycles. The van der Waals surface area contributed by atoms with Crippen LogP contribution in [0.25, 0.3) is 0 Å². The van der Waals surface area contributed by atoms with Crippen molar-refractivity contribution in [3.63, 3.8) is 0 Å². The van der Waals surface area contributed by atoms with Crippen molar-refractivity contribution in [2.75, 3.05) is 0 Å². The fourth-order valence-corrected chi connectivity index (χ4v) is 3.82. The number of benzene rings is 2. The topological polar surface area (TPSA) is 84.9 Å². The molecule has 2 aromatic carbocycles. The van der Waals surface area contributed by atoms with Crippen LogP contribution in [0.4, 0.5) is 4.79 Å². The van der Waals surface area contributed by atoms with Crippen molar-refractivity contribution >= 4 is 12.1 Å². The van der Waals surface area contributed by atoms with Crippen LogP contribution in [0.1, 0.15) is 49.8 Å². The van der Waals surface area contributed by atoms with E-state index in [0.717, 1.165) is 16.7 Å². The first-order valence-electron chi connectivity index (χ1n) is 9.79. The molecule has 1 aliphatic rings. The molecule has 0 heterocycles. The Morgan fingerprint density at radius 3 is 2.52 bits per heavy atom. The van der Waals surface area contributed by atoms with Crippen LogP contribution in [0.15, 0.2) is 48.5 Å². The van der Waals surface area contributed by atoms with Crippen molar-refractivity contribution < 1.29 is 24.3 Å². The zero-order valence-corrected chi connectivity index (χ0v) is 17.0. The van der Waals surface area contributed by atoms with Gasteiger partial charge in [0, 0.05) is 11.5 Å². The summed E-state index contributed by atoms with van der Waals surface area (Å²) in [6, 6.07) is 15.3. The Hall–Kier alpha value is -3.02. The van der Waals surface area contributed by atoms with Gasteiger partial charge in [-0.05, 0) is 57.2 Å². The van der Waals surface area contributed by atoms with Gasteiger partial charge in [0.25, 0.3) is 0 Å². The number of amides is 1. The smallest absolute Gasteiger partial charge is 0.441 e. The van der Waals surface area contributed by atoms with Gasteiger partial charge in [-0.2, -0.15) is 0 Å². The fraction of sp³-hybridized carbons (Fsp3) is 0.391. The molecule has 1 unspecified atom stereocenters. The molecule has 0 aromatic heterocycles. The van der Waals surface area contributed by atoms with Crippen LogP contribution in [0.5, 0.6) is 5.75 Å². The maximum Gasteiger partial charge on any atom is 0.441 e. The second-order valence-electron chi connectivity index (χ2n) is 8.32. The van der Waals surface area contributed by atoms with Crippen molar-refractivity contribution in [2.24, 2.45) is 5.92 Å². The molecular weight excluding hydrogens is 370 g/mol. The van der Waals surface area contributed by atoms with Crippen LogP contribution in [0.3, 0.4) is 0 Å². The molecule has 0 bridgehead atoms. The average Bonchev–Trinajstić information content (AvgIpc) is 2.66. The molecule has 2 aromatic rings. The number of rotatable bonds is 3. The van der Waals surface area contributed by atoms with Crippen LogP contribution in [-0.4, -0.2) is 22.8 Å². The number of fused-ring (bicyclic) bond motifs is 1. The molecule has 6 heteroatoms. The van der Waals surface area contributed by atoms with Crippen molar-refractivity contribution in [1.82, 2.24) is 5.48 Å². The summed E-state index contributed by atoms with van der Waals surface area (Å²) in [6.45, 7) is 5.18. The maximum atomic E-state index is 12.8. The van der Waals surface area contributed by atoms with Gasteiger partial charge < -0.3 is 14.7 Å². The van der Waals surface area contributed by atoms with Gasteiger partial charge >= 0.3 is 12.1 Å². The molecule has 1 amide bonds. The van der Waals surface area contributed by atoms with E-state index in [4.69, 9.17) is 9.57 Å². The summed E-state index contributed by atoms with van der Waals surface area (Å²) in [5, 5.41) is 10.5. The Bertz CT molecular complexity index is 873. The number of phenols is 1. The van der Waals surface area contributed by atoms with Crippen LogP contribution in [-0.2, 0) is 27.2 Å². The van der Waals surface area contributed by atoms with E-state index in [1.54, 1.807) is 26.8 Å². The second kappa shape index (κ2) is 8.55. The lowest BCUT2D eigenvalue weighted by atomic mass is 9.72. The Morgan fingerprint density at radius 2 is 1.83 bits per heavy atom. The summed E-state index contributed by atoms with van der Waals surface area (Å²) in [5.74, 6) is -1.10. The van der Waals surface area contributed by atoms with Crippen molar-refractivity contribution in [3.05, 3.63) is 65.2 Å². The minimum absolute atomic E-state index is 0.182. The monoisotopic (exact) mass is 397 g/mol. The van der Waals surface area contributed by atoms with E-state index in [-0.39, 0.29) is 11.7 Å². The highest BCUT2D eigenvalue weighted by Crippen LogP contribution is 2.43. The van der Waals surface area contributed by atoms with Crippen molar-refractivity contribution in [2.45, 2.75) is 51.6 Å². The van der Waals surface area contributed by atoms with Gasteiger partial charge in [-0.1, -0.05) is 42.5 Å². The number of hydrogen-bond donors (Lipinski definition) is 2. The van der Waals surface area contributed by atoms with E-state index in [1.807, 2.05) is 42.5 Å². The molecule has 0 fully saturated rings. The predicted molar refractivity (Wildman–Crippen MR) is 108 cm³/mol. The molecule has 3 rings (SSSR count). The molecule has 154 valence electrons. The van der Waals surface area contributed by atoms with Gasteiger partial charge in [-0.25, -0.2) is 9.59 Å². The molecule has 0 saturated carbocycles. The summed E-state index contributed by atoms with van der Waals surface area (Å²) in [6.07, 6.45) is 0.992. The van der Waals surface area contributed by atoms with Crippen molar-refractivity contribution in [3.8, 4) is 5.75 Å². The van der Waals surface area contributed by atoms with Crippen LogP contribution >= 0.6 is 0 Å². The number of carbonyl (C=O) groups is 2. The average molecular weight is 397 g/mol. The summed E-state index contributed by atoms with van der Waals surface area (Å²) in [7, 11) is 0. The fourth-order valence-electron chi connectivity index (χ4n) is 3.82. The van der Waals surface area contributed by atoms with Crippen LogP contribution in [0.2, 0.25) is 0 Å². The summed E-state index contributed by atoms with van der Waals surface area (Å²) >= 11 is 0. The van der Waals surface area contributed by atoms with Gasteiger partial charge in [0.1, 0.15) is 11.4 Å². The first-order chi connectivity index (χ1) is 13.7. The summed E-state index contributed by atoms with van der Waals surface area (Å²) in [4.78, 5) is 29.7. The lowest BCUT2D eigenvalue weighted by molar-refractivity contribution is -0.157. The number of aromatic hydroxyl groups is 1. The predicted octanol–water partition coefficient (Wildman–Crippen LogP) is 4.26. The van der Waals surface area contributed by atoms with E-state index < -0.39 is 23.6 Å². The van der Waals surface area contributed by atoms with Gasteiger partial charge in [0.2, 0.25) is 0 Å². The van der Waals surface area contributed by atoms with Crippen LogP contribution < -0.4 is 5.48 Å². The van der Waals surface area contributed by atoms with E-state index in [1.165, 1.54) is 0 Å². The zero-order valence-electron chi connectivity index (χ0n) is 17.0. The molecule has 1 aliphatic carbocycles. The molecule has 0 saturated heterocycles. The minimum atomic E-state index is -0.815. The quantitative estimate of drug-likeness (QED) is 0.756. The van der Waals surface area contributed by atoms with Gasteiger partial charge in [0.05, 0.1) is 5.92 Å². The first kappa shape index (κ1) is 20.7. The normalized spacial score (nSPS) is 18.4.